The van der Waals surface area contributed by atoms with Gasteiger partial charge in [-0.05, 0) is 38.6 Å². The van der Waals surface area contributed by atoms with Crippen LogP contribution in [0.5, 0.6) is 0 Å². The molecule has 0 unspecified atom stereocenters. The Bertz CT molecular complexity index is 372. The summed E-state index contributed by atoms with van der Waals surface area (Å²) in [5.41, 5.74) is 0. The molecule has 21 heavy (non-hydrogen) atoms. The number of hydrogen-bond acceptors (Lipinski definition) is 2. The van der Waals surface area contributed by atoms with Crippen molar-refractivity contribution in [1.29, 1.82) is 0 Å². The Labute approximate surface area is 129 Å². The van der Waals surface area contributed by atoms with Gasteiger partial charge in [0.25, 0.3) is 0 Å². The minimum Gasteiger partial charge on any atom is -0.357 e. The van der Waals surface area contributed by atoms with Crippen LogP contribution in [0.15, 0.2) is 29.5 Å². The molecule has 5 nitrogen and oxygen atoms in total. The summed E-state index contributed by atoms with van der Waals surface area (Å²) >= 11 is 0. The average molecular weight is 293 g/mol. The van der Waals surface area contributed by atoms with Gasteiger partial charge in [0.05, 0.1) is 6.54 Å². The highest BCUT2D eigenvalue weighted by molar-refractivity contribution is 5.79. The standard InChI is InChI=1S/C16H31N5/c1-4-11-20(6-3)14-9-18-16(17-5-2)19-10-15-21-12-7-8-13-21/h7-8,12-13H,4-6,9-11,14-15H2,1-3H3,(H2,17,18,19). The quantitative estimate of drug-likeness (QED) is 0.510. The largest absolute Gasteiger partial charge is 0.357 e. The van der Waals surface area contributed by atoms with E-state index in [1.807, 2.05) is 12.1 Å². The first kappa shape index (κ1) is 17.6. The van der Waals surface area contributed by atoms with E-state index in [0.717, 1.165) is 51.8 Å². The van der Waals surface area contributed by atoms with Crippen molar-refractivity contribution < 1.29 is 0 Å². The summed E-state index contributed by atoms with van der Waals surface area (Å²) in [4.78, 5) is 7.08. The Kier molecular flexibility index (Phi) is 9.37. The number of hydrogen-bond donors (Lipinski definition) is 2. The van der Waals surface area contributed by atoms with Gasteiger partial charge in [-0.15, -0.1) is 0 Å². The first-order valence-corrected chi connectivity index (χ1v) is 8.15. The van der Waals surface area contributed by atoms with Gasteiger partial charge in [0, 0.05) is 38.6 Å². The zero-order valence-corrected chi connectivity index (χ0v) is 13.8. The molecule has 0 amide bonds. The molecule has 0 aliphatic rings. The molecule has 0 aromatic carbocycles. The van der Waals surface area contributed by atoms with Crippen molar-refractivity contribution in [2.45, 2.75) is 33.7 Å². The normalized spacial score (nSPS) is 11.9. The van der Waals surface area contributed by atoms with Gasteiger partial charge >= 0.3 is 0 Å². The van der Waals surface area contributed by atoms with Crippen molar-refractivity contribution in [3.8, 4) is 0 Å². The molecule has 0 bridgehead atoms. The molecule has 2 N–H and O–H groups in total. The van der Waals surface area contributed by atoms with E-state index in [1.165, 1.54) is 6.42 Å². The van der Waals surface area contributed by atoms with Crippen molar-refractivity contribution in [1.82, 2.24) is 20.1 Å². The average Bonchev–Trinajstić information content (AvgIpc) is 2.99. The summed E-state index contributed by atoms with van der Waals surface area (Å²) in [5, 5.41) is 6.68. The van der Waals surface area contributed by atoms with Crippen LogP contribution in [0, 0.1) is 0 Å². The smallest absolute Gasteiger partial charge is 0.191 e. The van der Waals surface area contributed by atoms with Gasteiger partial charge in [0.2, 0.25) is 0 Å². The molecule has 1 heterocycles. The van der Waals surface area contributed by atoms with E-state index in [9.17, 15) is 0 Å². The third kappa shape index (κ3) is 7.75. The fraction of sp³-hybridized carbons (Fsp3) is 0.688. The van der Waals surface area contributed by atoms with E-state index in [-0.39, 0.29) is 0 Å². The summed E-state index contributed by atoms with van der Waals surface area (Å²) in [5.74, 6) is 0.914. The molecule has 120 valence electrons. The molecule has 1 rings (SSSR count). The van der Waals surface area contributed by atoms with Crippen molar-refractivity contribution in [2.24, 2.45) is 4.99 Å². The molecule has 1 aromatic rings. The van der Waals surface area contributed by atoms with Crippen LogP contribution in [-0.2, 0) is 6.54 Å². The van der Waals surface area contributed by atoms with E-state index < -0.39 is 0 Å². The van der Waals surface area contributed by atoms with E-state index in [0.29, 0.717) is 0 Å². The van der Waals surface area contributed by atoms with Crippen LogP contribution in [0.3, 0.4) is 0 Å². The Morgan fingerprint density at radius 3 is 2.48 bits per heavy atom. The van der Waals surface area contributed by atoms with Crippen LogP contribution in [0.4, 0.5) is 0 Å². The lowest BCUT2D eigenvalue weighted by molar-refractivity contribution is 0.297. The molecule has 5 heteroatoms. The van der Waals surface area contributed by atoms with Gasteiger partial charge in [-0.1, -0.05) is 13.8 Å². The predicted molar refractivity (Wildman–Crippen MR) is 90.8 cm³/mol. The SMILES string of the molecule is CCCN(CC)CCN=C(NCC)NCCn1cccc1. The van der Waals surface area contributed by atoms with E-state index in [1.54, 1.807) is 0 Å². The molecule has 0 radical (unpaired) electrons. The summed E-state index contributed by atoms with van der Waals surface area (Å²) < 4.78 is 2.16. The molecule has 0 aliphatic heterocycles. The van der Waals surface area contributed by atoms with Crippen molar-refractivity contribution in [3.05, 3.63) is 24.5 Å². The van der Waals surface area contributed by atoms with Crippen LogP contribution >= 0.6 is 0 Å². The van der Waals surface area contributed by atoms with Gasteiger partial charge in [-0.2, -0.15) is 0 Å². The number of rotatable bonds is 10. The highest BCUT2D eigenvalue weighted by Crippen LogP contribution is 1.91. The van der Waals surface area contributed by atoms with Crippen LogP contribution in [0.1, 0.15) is 27.2 Å². The van der Waals surface area contributed by atoms with Gasteiger partial charge in [-0.25, -0.2) is 0 Å². The first-order chi connectivity index (χ1) is 10.3. The lowest BCUT2D eigenvalue weighted by Gasteiger charge is -2.18. The monoisotopic (exact) mass is 293 g/mol. The topological polar surface area (TPSA) is 44.6 Å². The van der Waals surface area contributed by atoms with E-state index >= 15 is 0 Å². The number of aliphatic imine (C=N–C) groups is 1. The molecule has 0 spiro atoms. The number of guanidine groups is 1. The lowest BCUT2D eigenvalue weighted by Crippen LogP contribution is -2.39. The Morgan fingerprint density at radius 2 is 1.86 bits per heavy atom. The van der Waals surface area contributed by atoms with Gasteiger partial charge < -0.3 is 20.1 Å². The summed E-state index contributed by atoms with van der Waals surface area (Å²) in [7, 11) is 0. The lowest BCUT2D eigenvalue weighted by atomic mass is 10.4. The number of nitrogens with one attached hydrogen (secondary N) is 2. The second kappa shape index (κ2) is 11.2. The molecule has 0 atom stereocenters. The summed E-state index contributed by atoms with van der Waals surface area (Å²) in [6.07, 6.45) is 5.36. The second-order valence-corrected chi connectivity index (χ2v) is 5.04. The molecule has 0 saturated carbocycles. The maximum atomic E-state index is 4.65. The van der Waals surface area contributed by atoms with Gasteiger partial charge in [-0.3, -0.25) is 4.99 Å². The predicted octanol–water partition coefficient (Wildman–Crippen LogP) is 1.78. The summed E-state index contributed by atoms with van der Waals surface area (Å²) in [6.45, 7) is 13.4. The fourth-order valence-corrected chi connectivity index (χ4v) is 2.21. The fourth-order valence-electron chi connectivity index (χ4n) is 2.21. The highest BCUT2D eigenvalue weighted by atomic mass is 15.2. The third-order valence-corrected chi connectivity index (χ3v) is 3.35. The minimum absolute atomic E-state index is 0.840. The Morgan fingerprint density at radius 1 is 1.10 bits per heavy atom. The zero-order valence-electron chi connectivity index (χ0n) is 13.8. The van der Waals surface area contributed by atoms with Crippen LogP contribution in [0.2, 0.25) is 0 Å². The van der Waals surface area contributed by atoms with Gasteiger partial charge in [0.1, 0.15) is 0 Å². The van der Waals surface area contributed by atoms with Crippen LogP contribution in [-0.4, -0.2) is 54.7 Å². The molecule has 0 aliphatic carbocycles. The number of likely N-dealkylation sites (N-methyl/N-ethyl adjacent to an activating group) is 1. The molecular formula is C16H31N5. The van der Waals surface area contributed by atoms with Crippen molar-refractivity contribution >= 4 is 5.96 Å². The molecule has 1 aromatic heterocycles. The van der Waals surface area contributed by atoms with E-state index in [2.05, 4.69) is 58.3 Å². The van der Waals surface area contributed by atoms with Gasteiger partial charge in [0.15, 0.2) is 5.96 Å². The molecular weight excluding hydrogens is 262 g/mol. The second-order valence-electron chi connectivity index (χ2n) is 5.04. The van der Waals surface area contributed by atoms with E-state index in [4.69, 9.17) is 0 Å². The molecule has 0 saturated heterocycles. The van der Waals surface area contributed by atoms with Crippen molar-refractivity contribution in [3.63, 3.8) is 0 Å². The summed E-state index contributed by atoms with van der Waals surface area (Å²) in [6, 6.07) is 4.10. The highest BCUT2D eigenvalue weighted by Gasteiger charge is 2.01. The zero-order chi connectivity index (χ0) is 15.3. The Hall–Kier alpha value is -1.49. The van der Waals surface area contributed by atoms with Crippen LogP contribution in [0.25, 0.3) is 0 Å². The minimum atomic E-state index is 0.840. The Balaban J connectivity index is 2.31. The maximum absolute atomic E-state index is 4.65. The maximum Gasteiger partial charge on any atom is 0.191 e. The number of nitrogens with zero attached hydrogens (tertiary/aromatic N) is 3. The molecule has 0 fully saturated rings. The van der Waals surface area contributed by atoms with Crippen molar-refractivity contribution in [2.75, 3.05) is 39.3 Å². The third-order valence-electron chi connectivity index (χ3n) is 3.35. The number of aromatic nitrogens is 1. The first-order valence-electron chi connectivity index (χ1n) is 8.15. The van der Waals surface area contributed by atoms with Crippen LogP contribution < -0.4 is 10.6 Å².